The number of hydrogen-bond donors (Lipinski definition) is 0. The first kappa shape index (κ1) is 12.7. The second-order valence-electron chi connectivity index (χ2n) is 5.08. The number of benzene rings is 1. The molecule has 0 saturated heterocycles. The highest BCUT2D eigenvalue weighted by molar-refractivity contribution is 6.22. The number of hydroxylamine groups is 2. The number of nitrogens with zero attached hydrogens (tertiary/aromatic N) is 2. The Labute approximate surface area is 105 Å². The summed E-state index contributed by atoms with van der Waals surface area (Å²) in [6.07, 6.45) is 0. The molecule has 0 saturated carbocycles. The highest BCUT2D eigenvalue weighted by atomic mass is 19.1. The normalized spacial score (nSPS) is 17.5. The first-order valence-corrected chi connectivity index (χ1v) is 5.62. The van der Waals surface area contributed by atoms with Crippen LogP contribution in [0.5, 0.6) is 0 Å². The van der Waals surface area contributed by atoms with Gasteiger partial charge in [-0.25, -0.2) is 4.39 Å². The maximum absolute atomic E-state index is 13.3. The van der Waals surface area contributed by atoms with Crippen LogP contribution >= 0.6 is 0 Å². The van der Waals surface area contributed by atoms with E-state index in [1.807, 2.05) is 20.8 Å². The molecule has 0 radical (unpaired) electrons. The summed E-state index contributed by atoms with van der Waals surface area (Å²) in [5, 5.41) is 1.09. The fourth-order valence-corrected chi connectivity index (χ4v) is 1.80. The molecule has 0 N–H and O–H groups in total. The molecule has 0 unspecified atom stereocenters. The van der Waals surface area contributed by atoms with Crippen LogP contribution in [0.1, 0.15) is 36.7 Å². The van der Waals surface area contributed by atoms with Crippen molar-refractivity contribution in [3.63, 3.8) is 0 Å². The Morgan fingerprint density at radius 1 is 1.28 bits per heavy atom. The van der Waals surface area contributed by atoms with Gasteiger partial charge >= 0.3 is 0 Å². The average molecular weight is 250 g/mol. The van der Waals surface area contributed by atoms with Crippen LogP contribution in [0, 0.1) is 5.82 Å². The van der Waals surface area contributed by atoms with Crippen molar-refractivity contribution in [3.8, 4) is 0 Å². The first-order valence-electron chi connectivity index (χ1n) is 5.62. The largest absolute Gasteiger partial charge is 0.284 e. The molecular weight excluding hydrogens is 235 g/mol. The van der Waals surface area contributed by atoms with Crippen molar-refractivity contribution in [3.05, 3.63) is 35.1 Å². The molecule has 0 fully saturated rings. The van der Waals surface area contributed by atoms with Crippen molar-refractivity contribution < 1.29 is 14.0 Å². The minimum absolute atomic E-state index is 0.324. The lowest BCUT2D eigenvalue weighted by atomic mass is 10.1. The van der Waals surface area contributed by atoms with E-state index in [2.05, 4.69) is 4.99 Å². The van der Waals surface area contributed by atoms with Gasteiger partial charge in [-0.1, -0.05) is 0 Å². The third-order valence-corrected chi connectivity index (χ3v) is 2.45. The van der Waals surface area contributed by atoms with Crippen molar-refractivity contribution in [1.82, 2.24) is 5.06 Å². The molecule has 1 aromatic carbocycles. The van der Waals surface area contributed by atoms with Crippen LogP contribution < -0.4 is 0 Å². The topological polar surface area (TPSA) is 41.9 Å². The molecule has 0 atom stereocenters. The Balaban J connectivity index is 2.62. The van der Waals surface area contributed by atoms with Crippen LogP contribution in [0.25, 0.3) is 0 Å². The van der Waals surface area contributed by atoms with Crippen molar-refractivity contribution >= 4 is 11.7 Å². The molecule has 4 nitrogen and oxygen atoms in total. The zero-order valence-corrected chi connectivity index (χ0v) is 10.8. The number of halogens is 1. The van der Waals surface area contributed by atoms with E-state index in [9.17, 15) is 9.18 Å². The molecular formula is C13H15FN2O2. The van der Waals surface area contributed by atoms with E-state index in [4.69, 9.17) is 4.84 Å². The second-order valence-corrected chi connectivity index (χ2v) is 5.08. The van der Waals surface area contributed by atoms with Crippen molar-refractivity contribution in [2.75, 3.05) is 7.11 Å². The summed E-state index contributed by atoms with van der Waals surface area (Å²) in [5.74, 6) is -0.374. The Kier molecular flexibility index (Phi) is 2.94. The Bertz CT molecular complexity index is 532. The predicted octanol–water partition coefficient (Wildman–Crippen LogP) is 2.39. The number of fused-ring (bicyclic) bond motifs is 1. The van der Waals surface area contributed by atoms with Gasteiger partial charge in [0.25, 0.3) is 5.91 Å². The van der Waals surface area contributed by atoms with Crippen LogP contribution in [-0.2, 0) is 4.84 Å². The van der Waals surface area contributed by atoms with Gasteiger partial charge in [0.05, 0.1) is 18.2 Å². The molecule has 18 heavy (non-hydrogen) atoms. The van der Waals surface area contributed by atoms with Crippen molar-refractivity contribution in [1.29, 1.82) is 0 Å². The van der Waals surface area contributed by atoms with Crippen LogP contribution in [0.4, 0.5) is 4.39 Å². The molecule has 0 bridgehead atoms. The molecule has 1 heterocycles. The summed E-state index contributed by atoms with van der Waals surface area (Å²) in [5.41, 5.74) is 0.485. The van der Waals surface area contributed by atoms with Gasteiger partial charge in [0.1, 0.15) is 5.82 Å². The Hall–Kier alpha value is -1.75. The van der Waals surface area contributed by atoms with Gasteiger partial charge in [-0.05, 0) is 39.0 Å². The SMILES string of the molecule is CON1C(=O)c2ccc(F)cc2C1=NC(C)(C)C. The molecule has 0 spiro atoms. The number of rotatable bonds is 1. The smallest absolute Gasteiger partial charge is 0.268 e. The van der Waals surface area contributed by atoms with Gasteiger partial charge in [0.15, 0.2) is 5.84 Å². The lowest BCUT2D eigenvalue weighted by Gasteiger charge is -2.18. The minimum Gasteiger partial charge on any atom is -0.268 e. The molecule has 96 valence electrons. The molecule has 1 aliphatic rings. The fraction of sp³-hybridized carbons (Fsp3) is 0.385. The number of amidine groups is 1. The second kappa shape index (κ2) is 4.17. The number of aliphatic imine (C=N–C) groups is 1. The van der Waals surface area contributed by atoms with Gasteiger partial charge in [-0.2, -0.15) is 5.06 Å². The van der Waals surface area contributed by atoms with E-state index in [1.165, 1.54) is 25.3 Å². The van der Waals surface area contributed by atoms with Gasteiger partial charge in [0, 0.05) is 5.56 Å². The van der Waals surface area contributed by atoms with E-state index in [1.54, 1.807) is 0 Å². The zero-order valence-electron chi connectivity index (χ0n) is 10.8. The number of carbonyl (C=O) groups excluding carboxylic acids is 1. The average Bonchev–Trinajstić information content (AvgIpc) is 2.49. The Morgan fingerprint density at radius 2 is 1.94 bits per heavy atom. The van der Waals surface area contributed by atoms with E-state index < -0.39 is 5.82 Å². The quantitative estimate of drug-likeness (QED) is 0.768. The maximum atomic E-state index is 13.3. The lowest BCUT2D eigenvalue weighted by Crippen LogP contribution is -2.31. The number of amides is 1. The predicted molar refractivity (Wildman–Crippen MR) is 65.9 cm³/mol. The van der Waals surface area contributed by atoms with E-state index in [0.717, 1.165) is 5.06 Å². The van der Waals surface area contributed by atoms with Gasteiger partial charge in [-0.15, -0.1) is 0 Å². The fourth-order valence-electron chi connectivity index (χ4n) is 1.80. The molecule has 2 rings (SSSR count). The highest BCUT2D eigenvalue weighted by Gasteiger charge is 2.35. The van der Waals surface area contributed by atoms with Crippen molar-refractivity contribution in [2.24, 2.45) is 4.99 Å². The van der Waals surface area contributed by atoms with Gasteiger partial charge in [-0.3, -0.25) is 14.6 Å². The summed E-state index contributed by atoms with van der Waals surface area (Å²) in [7, 11) is 1.39. The summed E-state index contributed by atoms with van der Waals surface area (Å²) in [6.45, 7) is 5.70. The van der Waals surface area contributed by atoms with Crippen LogP contribution in [0.3, 0.4) is 0 Å². The molecule has 0 aliphatic carbocycles. The summed E-state index contributed by atoms with van der Waals surface area (Å²) >= 11 is 0. The van der Waals surface area contributed by atoms with Crippen LogP contribution in [0.15, 0.2) is 23.2 Å². The third-order valence-electron chi connectivity index (χ3n) is 2.45. The van der Waals surface area contributed by atoms with Crippen molar-refractivity contribution in [2.45, 2.75) is 26.3 Å². The molecule has 5 heteroatoms. The summed E-state index contributed by atoms with van der Waals surface area (Å²) < 4.78 is 13.3. The molecule has 1 aromatic rings. The number of carbonyl (C=O) groups is 1. The van der Waals surface area contributed by atoms with Gasteiger partial charge < -0.3 is 0 Å². The van der Waals surface area contributed by atoms with E-state index in [0.29, 0.717) is 17.0 Å². The van der Waals surface area contributed by atoms with Crippen LogP contribution in [0.2, 0.25) is 0 Å². The molecule has 1 amide bonds. The first-order chi connectivity index (χ1) is 8.33. The van der Waals surface area contributed by atoms with Gasteiger partial charge in [0.2, 0.25) is 0 Å². The lowest BCUT2D eigenvalue weighted by molar-refractivity contribution is -0.0375. The van der Waals surface area contributed by atoms with E-state index >= 15 is 0 Å². The summed E-state index contributed by atoms with van der Waals surface area (Å²) in [4.78, 5) is 21.5. The third kappa shape index (κ3) is 2.13. The molecule has 1 aliphatic heterocycles. The number of hydrogen-bond acceptors (Lipinski definition) is 3. The van der Waals surface area contributed by atoms with Crippen LogP contribution in [-0.4, -0.2) is 29.5 Å². The standard InChI is InChI=1S/C13H15FN2O2/c1-13(2,3)15-11-10-7-8(14)5-6-9(10)12(17)16(11)18-4/h5-7H,1-4H3. The van der Waals surface area contributed by atoms with E-state index in [-0.39, 0.29) is 11.4 Å². The Morgan fingerprint density at radius 3 is 2.50 bits per heavy atom. The monoisotopic (exact) mass is 250 g/mol. The molecule has 0 aromatic heterocycles. The highest BCUT2D eigenvalue weighted by Crippen LogP contribution is 2.26. The zero-order chi connectivity index (χ0) is 13.5. The summed E-state index contributed by atoms with van der Waals surface area (Å²) in [6, 6.07) is 4.01. The maximum Gasteiger partial charge on any atom is 0.284 e. The minimum atomic E-state index is -0.402.